The second-order valence-electron chi connectivity index (χ2n) is 2.63. The lowest BCUT2D eigenvalue weighted by molar-refractivity contribution is 0.716. The van der Waals surface area contributed by atoms with Gasteiger partial charge < -0.3 is 0 Å². The van der Waals surface area contributed by atoms with Crippen LogP contribution in [0.2, 0.25) is 0 Å². The molecule has 0 saturated heterocycles. The molecule has 0 aromatic carbocycles. The van der Waals surface area contributed by atoms with Crippen LogP contribution in [0.15, 0.2) is 13.2 Å². The third-order valence-corrected chi connectivity index (χ3v) is 1.97. The van der Waals surface area contributed by atoms with Crippen LogP contribution in [0, 0.1) is 0 Å². The number of aromatic nitrogens is 2. The van der Waals surface area contributed by atoms with E-state index in [4.69, 9.17) is 0 Å². The first-order valence-electron chi connectivity index (χ1n) is 4.05. The Morgan fingerprint density at radius 3 is 2.50 bits per heavy atom. The smallest absolute Gasteiger partial charge is 0.0920 e. The summed E-state index contributed by atoms with van der Waals surface area (Å²) in [6.45, 7) is 9.57. The van der Waals surface area contributed by atoms with E-state index in [1.807, 2.05) is 17.8 Å². The Morgan fingerprint density at radius 1 is 1.42 bits per heavy atom. The summed E-state index contributed by atoms with van der Waals surface area (Å²) in [5, 5.41) is 4.30. The summed E-state index contributed by atoms with van der Waals surface area (Å²) < 4.78 is 1.88. The topological polar surface area (TPSA) is 17.8 Å². The van der Waals surface area contributed by atoms with E-state index in [9.17, 15) is 0 Å². The van der Waals surface area contributed by atoms with E-state index in [0.717, 1.165) is 17.7 Å². The summed E-state index contributed by atoms with van der Waals surface area (Å²) in [6, 6.07) is 0. The number of hydrogen-bond acceptors (Lipinski definition) is 1. The van der Waals surface area contributed by atoms with Gasteiger partial charge in [0.15, 0.2) is 0 Å². The first-order valence-corrected chi connectivity index (χ1v) is 4.05. The first-order chi connectivity index (χ1) is 5.74. The second-order valence-corrected chi connectivity index (χ2v) is 2.63. The van der Waals surface area contributed by atoms with Gasteiger partial charge in [-0.2, -0.15) is 5.10 Å². The fourth-order valence-corrected chi connectivity index (χ4v) is 1.39. The van der Waals surface area contributed by atoms with Gasteiger partial charge in [0, 0.05) is 18.3 Å². The quantitative estimate of drug-likeness (QED) is 0.666. The molecule has 2 nitrogen and oxygen atoms in total. The number of hydrogen-bond donors (Lipinski definition) is 0. The van der Waals surface area contributed by atoms with Crippen molar-refractivity contribution in [2.45, 2.75) is 13.3 Å². The molecule has 0 aliphatic carbocycles. The van der Waals surface area contributed by atoms with E-state index >= 15 is 0 Å². The normalized spacial score (nSPS) is 9.83. The molecule has 0 aliphatic heterocycles. The Morgan fingerprint density at radius 2 is 2.08 bits per heavy atom. The zero-order valence-corrected chi connectivity index (χ0v) is 7.67. The molecule has 1 aromatic rings. The lowest BCUT2D eigenvalue weighted by atomic mass is 10.1. The highest BCUT2D eigenvalue weighted by atomic mass is 15.3. The fourth-order valence-electron chi connectivity index (χ4n) is 1.39. The Balaban J connectivity index is 3.34. The SMILES string of the molecule is C=Cc1nn(C)c(CC)c1C=C. The molecule has 0 saturated carbocycles. The molecule has 0 bridgehead atoms. The van der Waals surface area contributed by atoms with Crippen molar-refractivity contribution in [3.8, 4) is 0 Å². The molecule has 12 heavy (non-hydrogen) atoms. The highest BCUT2D eigenvalue weighted by Crippen LogP contribution is 2.16. The molecule has 1 heterocycles. The third-order valence-electron chi connectivity index (χ3n) is 1.97. The average molecular weight is 162 g/mol. The summed E-state index contributed by atoms with van der Waals surface area (Å²) >= 11 is 0. The Hall–Kier alpha value is -1.31. The van der Waals surface area contributed by atoms with Crippen molar-refractivity contribution >= 4 is 12.2 Å². The molecule has 1 rings (SSSR count). The number of aryl methyl sites for hydroxylation is 1. The van der Waals surface area contributed by atoms with Crippen molar-refractivity contribution in [1.82, 2.24) is 9.78 Å². The molecule has 0 N–H and O–H groups in total. The Bertz CT molecular complexity index is 308. The van der Waals surface area contributed by atoms with Crippen LogP contribution >= 0.6 is 0 Å². The minimum absolute atomic E-state index is 0.921. The van der Waals surface area contributed by atoms with Crippen molar-refractivity contribution in [2.24, 2.45) is 7.05 Å². The standard InChI is InChI=1S/C10H14N2/c1-5-8-9(6-2)11-12(4)10(8)7-3/h5-6H,1-2,7H2,3-4H3. The summed E-state index contributed by atoms with van der Waals surface area (Å²) in [6.07, 6.45) is 4.57. The molecule has 0 unspecified atom stereocenters. The zero-order valence-electron chi connectivity index (χ0n) is 7.67. The number of rotatable bonds is 3. The minimum atomic E-state index is 0.921. The molecule has 1 aromatic heterocycles. The van der Waals surface area contributed by atoms with Gasteiger partial charge in [0.2, 0.25) is 0 Å². The molecule has 0 atom stereocenters. The molecular formula is C10H14N2. The van der Waals surface area contributed by atoms with Crippen LogP contribution in [-0.4, -0.2) is 9.78 Å². The van der Waals surface area contributed by atoms with Crippen molar-refractivity contribution < 1.29 is 0 Å². The summed E-state index contributed by atoms with van der Waals surface area (Å²) in [5.74, 6) is 0. The zero-order chi connectivity index (χ0) is 9.14. The van der Waals surface area contributed by atoms with Gasteiger partial charge in [-0.05, 0) is 12.5 Å². The molecule has 2 heteroatoms. The van der Waals surface area contributed by atoms with E-state index in [1.165, 1.54) is 5.69 Å². The van der Waals surface area contributed by atoms with Gasteiger partial charge in [0.05, 0.1) is 5.69 Å². The molecule has 64 valence electrons. The van der Waals surface area contributed by atoms with Crippen LogP contribution in [0.1, 0.15) is 23.9 Å². The van der Waals surface area contributed by atoms with Crippen LogP contribution in [0.4, 0.5) is 0 Å². The van der Waals surface area contributed by atoms with E-state index < -0.39 is 0 Å². The monoisotopic (exact) mass is 162 g/mol. The lowest BCUT2D eigenvalue weighted by Gasteiger charge is -1.97. The Kier molecular flexibility index (Phi) is 2.48. The van der Waals surface area contributed by atoms with Crippen molar-refractivity contribution in [2.75, 3.05) is 0 Å². The van der Waals surface area contributed by atoms with Crippen molar-refractivity contribution in [3.05, 3.63) is 30.1 Å². The molecule has 0 fully saturated rings. The second kappa shape index (κ2) is 3.39. The van der Waals surface area contributed by atoms with Crippen LogP contribution in [0.3, 0.4) is 0 Å². The van der Waals surface area contributed by atoms with E-state index in [-0.39, 0.29) is 0 Å². The van der Waals surface area contributed by atoms with E-state index in [0.29, 0.717) is 0 Å². The van der Waals surface area contributed by atoms with E-state index in [1.54, 1.807) is 6.08 Å². The van der Waals surface area contributed by atoms with Crippen LogP contribution in [0.25, 0.3) is 12.2 Å². The minimum Gasteiger partial charge on any atom is -0.271 e. The first kappa shape index (κ1) is 8.78. The third kappa shape index (κ3) is 1.20. The molecule has 0 spiro atoms. The van der Waals surface area contributed by atoms with Crippen molar-refractivity contribution in [3.63, 3.8) is 0 Å². The van der Waals surface area contributed by atoms with Gasteiger partial charge >= 0.3 is 0 Å². The van der Waals surface area contributed by atoms with Gasteiger partial charge in [-0.25, -0.2) is 0 Å². The van der Waals surface area contributed by atoms with Crippen LogP contribution < -0.4 is 0 Å². The van der Waals surface area contributed by atoms with Gasteiger partial charge in [-0.3, -0.25) is 4.68 Å². The van der Waals surface area contributed by atoms with Gasteiger partial charge in [-0.1, -0.05) is 26.2 Å². The lowest BCUT2D eigenvalue weighted by Crippen LogP contribution is -1.96. The highest BCUT2D eigenvalue weighted by Gasteiger charge is 2.08. The summed E-state index contributed by atoms with van der Waals surface area (Å²) in [5.41, 5.74) is 3.24. The highest BCUT2D eigenvalue weighted by molar-refractivity contribution is 5.62. The predicted octanol–water partition coefficient (Wildman–Crippen LogP) is 2.27. The maximum Gasteiger partial charge on any atom is 0.0920 e. The maximum atomic E-state index is 4.30. The molecular weight excluding hydrogens is 148 g/mol. The van der Waals surface area contributed by atoms with E-state index in [2.05, 4.69) is 25.2 Å². The summed E-state index contributed by atoms with van der Waals surface area (Å²) in [7, 11) is 1.94. The number of nitrogens with zero attached hydrogens (tertiary/aromatic N) is 2. The summed E-state index contributed by atoms with van der Waals surface area (Å²) in [4.78, 5) is 0. The fraction of sp³-hybridized carbons (Fsp3) is 0.300. The van der Waals surface area contributed by atoms with Crippen LogP contribution in [-0.2, 0) is 13.5 Å². The van der Waals surface area contributed by atoms with Crippen LogP contribution in [0.5, 0.6) is 0 Å². The molecule has 0 aliphatic rings. The Labute approximate surface area is 73.2 Å². The predicted molar refractivity (Wildman–Crippen MR) is 52.8 cm³/mol. The largest absolute Gasteiger partial charge is 0.271 e. The van der Waals surface area contributed by atoms with Gasteiger partial charge in [-0.15, -0.1) is 0 Å². The molecule has 0 amide bonds. The molecule has 0 radical (unpaired) electrons. The van der Waals surface area contributed by atoms with Gasteiger partial charge in [0.1, 0.15) is 0 Å². The van der Waals surface area contributed by atoms with Gasteiger partial charge in [0.25, 0.3) is 0 Å². The maximum absolute atomic E-state index is 4.30. The van der Waals surface area contributed by atoms with Crippen molar-refractivity contribution in [1.29, 1.82) is 0 Å². The average Bonchev–Trinajstić information content (AvgIpc) is 2.40.